The van der Waals surface area contributed by atoms with Gasteiger partial charge in [-0.1, -0.05) is 19.1 Å². The van der Waals surface area contributed by atoms with Gasteiger partial charge in [0.1, 0.15) is 17.5 Å². The van der Waals surface area contributed by atoms with Crippen LogP contribution >= 0.6 is 0 Å². The molecule has 2 aromatic rings. The van der Waals surface area contributed by atoms with Crippen molar-refractivity contribution in [1.29, 1.82) is 0 Å². The number of aryl methyl sites for hydroxylation is 1. The zero-order valence-corrected chi connectivity index (χ0v) is 11.5. The monoisotopic (exact) mass is 259 g/mol. The molecular weight excluding hydrogens is 241 g/mol. The van der Waals surface area contributed by atoms with Crippen LogP contribution in [-0.4, -0.2) is 17.0 Å². The molecule has 0 unspecified atom stereocenters. The Morgan fingerprint density at radius 2 is 2.05 bits per heavy atom. The van der Waals surface area contributed by atoms with E-state index in [9.17, 15) is 4.39 Å². The van der Waals surface area contributed by atoms with E-state index in [4.69, 9.17) is 0 Å². The molecule has 0 aliphatic rings. The van der Waals surface area contributed by atoms with Gasteiger partial charge in [0.2, 0.25) is 0 Å². The number of aromatic nitrogens is 2. The molecular formula is C15H18FN3. The summed E-state index contributed by atoms with van der Waals surface area (Å²) in [5.74, 6) is 1.34. The van der Waals surface area contributed by atoms with Gasteiger partial charge in [-0.3, -0.25) is 0 Å². The molecule has 0 aliphatic carbocycles. The molecule has 100 valence electrons. The summed E-state index contributed by atoms with van der Waals surface area (Å²) < 4.78 is 13.2. The fraction of sp³-hybridized carbons (Fsp3) is 0.333. The highest BCUT2D eigenvalue weighted by Crippen LogP contribution is 2.17. The maximum Gasteiger partial charge on any atom is 0.135 e. The van der Waals surface area contributed by atoms with Crippen molar-refractivity contribution in [3.63, 3.8) is 0 Å². The predicted molar refractivity (Wildman–Crippen MR) is 74.9 cm³/mol. The van der Waals surface area contributed by atoms with Crippen molar-refractivity contribution < 1.29 is 4.39 Å². The molecule has 1 aromatic heterocycles. The first-order valence-electron chi connectivity index (χ1n) is 6.42. The summed E-state index contributed by atoms with van der Waals surface area (Å²) in [4.78, 5) is 9.03. The number of benzene rings is 1. The van der Waals surface area contributed by atoms with E-state index in [2.05, 4.69) is 22.2 Å². The SMILES string of the molecule is CCc1nc(Cc2cccc(F)c2)nc(NC)c1C. The summed E-state index contributed by atoms with van der Waals surface area (Å²) in [6.07, 6.45) is 1.40. The number of nitrogens with zero attached hydrogens (tertiary/aromatic N) is 2. The van der Waals surface area contributed by atoms with Crippen molar-refractivity contribution in [2.24, 2.45) is 0 Å². The van der Waals surface area contributed by atoms with Crippen LogP contribution in [0.4, 0.5) is 10.2 Å². The Balaban J connectivity index is 2.35. The summed E-state index contributed by atoms with van der Waals surface area (Å²) in [5.41, 5.74) is 2.99. The summed E-state index contributed by atoms with van der Waals surface area (Å²) >= 11 is 0. The molecule has 1 heterocycles. The normalized spacial score (nSPS) is 10.5. The van der Waals surface area contributed by atoms with Gasteiger partial charge in [-0.15, -0.1) is 0 Å². The second-order valence-electron chi connectivity index (χ2n) is 4.47. The van der Waals surface area contributed by atoms with Crippen LogP contribution < -0.4 is 5.32 Å². The summed E-state index contributed by atoms with van der Waals surface area (Å²) in [6, 6.07) is 6.55. The van der Waals surface area contributed by atoms with Gasteiger partial charge in [0.25, 0.3) is 0 Å². The van der Waals surface area contributed by atoms with E-state index in [0.717, 1.165) is 34.9 Å². The van der Waals surface area contributed by atoms with Crippen LogP contribution in [0.2, 0.25) is 0 Å². The van der Waals surface area contributed by atoms with Gasteiger partial charge in [-0.05, 0) is 31.0 Å². The van der Waals surface area contributed by atoms with E-state index < -0.39 is 0 Å². The Labute approximate surface area is 112 Å². The maximum absolute atomic E-state index is 13.2. The van der Waals surface area contributed by atoms with E-state index in [1.54, 1.807) is 6.07 Å². The van der Waals surface area contributed by atoms with E-state index in [1.807, 2.05) is 20.0 Å². The van der Waals surface area contributed by atoms with E-state index in [0.29, 0.717) is 6.42 Å². The van der Waals surface area contributed by atoms with Crippen LogP contribution in [0.25, 0.3) is 0 Å². The quantitative estimate of drug-likeness (QED) is 0.916. The van der Waals surface area contributed by atoms with E-state index in [-0.39, 0.29) is 5.82 Å². The van der Waals surface area contributed by atoms with Crippen LogP contribution in [0.5, 0.6) is 0 Å². The molecule has 0 aliphatic heterocycles. The third kappa shape index (κ3) is 3.08. The molecule has 0 bridgehead atoms. The Morgan fingerprint density at radius 3 is 2.68 bits per heavy atom. The second-order valence-corrected chi connectivity index (χ2v) is 4.47. The summed E-state index contributed by atoms with van der Waals surface area (Å²) in [7, 11) is 1.85. The second kappa shape index (κ2) is 5.78. The Morgan fingerprint density at radius 1 is 1.26 bits per heavy atom. The standard InChI is InChI=1S/C15H18FN3/c1-4-13-10(2)15(17-3)19-14(18-13)9-11-6-5-7-12(16)8-11/h5-8H,4,9H2,1-3H3,(H,17,18,19). The van der Waals surface area contributed by atoms with Gasteiger partial charge in [-0.2, -0.15) is 0 Å². The lowest BCUT2D eigenvalue weighted by molar-refractivity contribution is 0.625. The zero-order valence-electron chi connectivity index (χ0n) is 11.5. The fourth-order valence-corrected chi connectivity index (χ4v) is 2.11. The van der Waals surface area contributed by atoms with Crippen molar-refractivity contribution in [3.05, 3.63) is 52.7 Å². The van der Waals surface area contributed by atoms with Crippen molar-refractivity contribution >= 4 is 5.82 Å². The van der Waals surface area contributed by atoms with Gasteiger partial charge >= 0.3 is 0 Å². The van der Waals surface area contributed by atoms with Gasteiger partial charge in [0.05, 0.1) is 0 Å². The smallest absolute Gasteiger partial charge is 0.135 e. The first-order chi connectivity index (χ1) is 9.13. The van der Waals surface area contributed by atoms with Crippen molar-refractivity contribution in [3.8, 4) is 0 Å². The highest BCUT2D eigenvalue weighted by molar-refractivity contribution is 5.45. The van der Waals surface area contributed by atoms with Gasteiger partial charge < -0.3 is 5.32 Å². The summed E-state index contributed by atoms with van der Waals surface area (Å²) in [5, 5.41) is 3.08. The number of anilines is 1. The van der Waals surface area contributed by atoms with Crippen LogP contribution in [0.3, 0.4) is 0 Å². The fourth-order valence-electron chi connectivity index (χ4n) is 2.11. The molecule has 1 aromatic carbocycles. The third-order valence-electron chi connectivity index (χ3n) is 3.12. The zero-order chi connectivity index (χ0) is 13.8. The molecule has 0 atom stereocenters. The van der Waals surface area contributed by atoms with Crippen LogP contribution in [0, 0.1) is 12.7 Å². The molecule has 0 spiro atoms. The lowest BCUT2D eigenvalue weighted by atomic mass is 10.1. The molecule has 0 fully saturated rings. The topological polar surface area (TPSA) is 37.8 Å². The van der Waals surface area contributed by atoms with Crippen LogP contribution in [0.15, 0.2) is 24.3 Å². The van der Waals surface area contributed by atoms with Crippen molar-refractivity contribution in [2.45, 2.75) is 26.7 Å². The first kappa shape index (κ1) is 13.5. The number of halogens is 1. The van der Waals surface area contributed by atoms with Crippen molar-refractivity contribution in [2.75, 3.05) is 12.4 Å². The highest BCUT2D eigenvalue weighted by Gasteiger charge is 2.09. The molecule has 19 heavy (non-hydrogen) atoms. The predicted octanol–water partition coefficient (Wildman–Crippen LogP) is 3.12. The van der Waals surface area contributed by atoms with Crippen LogP contribution in [-0.2, 0) is 12.8 Å². The highest BCUT2D eigenvalue weighted by atomic mass is 19.1. The largest absolute Gasteiger partial charge is 0.373 e. The minimum atomic E-state index is -0.228. The molecule has 0 amide bonds. The molecule has 1 N–H and O–H groups in total. The molecule has 0 saturated carbocycles. The van der Waals surface area contributed by atoms with Gasteiger partial charge in [0, 0.05) is 24.7 Å². The number of hydrogen-bond acceptors (Lipinski definition) is 3. The van der Waals surface area contributed by atoms with Gasteiger partial charge in [0.15, 0.2) is 0 Å². The molecule has 3 nitrogen and oxygen atoms in total. The molecule has 0 radical (unpaired) electrons. The Hall–Kier alpha value is -1.97. The minimum Gasteiger partial charge on any atom is -0.373 e. The number of nitrogens with one attached hydrogen (secondary N) is 1. The Bertz CT molecular complexity index is 556. The maximum atomic E-state index is 13.2. The van der Waals surface area contributed by atoms with Crippen LogP contribution in [0.1, 0.15) is 29.6 Å². The average molecular weight is 259 g/mol. The molecule has 2 rings (SSSR count). The lowest BCUT2D eigenvalue weighted by Crippen LogP contribution is -2.07. The number of hydrogen-bond donors (Lipinski definition) is 1. The summed E-state index contributed by atoms with van der Waals surface area (Å²) in [6.45, 7) is 4.08. The first-order valence-corrected chi connectivity index (χ1v) is 6.42. The average Bonchev–Trinajstić information content (AvgIpc) is 2.40. The molecule has 4 heteroatoms. The van der Waals surface area contributed by atoms with Crippen molar-refractivity contribution in [1.82, 2.24) is 9.97 Å². The number of rotatable bonds is 4. The molecule has 0 saturated heterocycles. The van der Waals surface area contributed by atoms with E-state index in [1.165, 1.54) is 12.1 Å². The Kier molecular flexibility index (Phi) is 4.10. The minimum absolute atomic E-state index is 0.228. The van der Waals surface area contributed by atoms with Gasteiger partial charge in [-0.25, -0.2) is 14.4 Å². The van der Waals surface area contributed by atoms with E-state index >= 15 is 0 Å². The third-order valence-corrected chi connectivity index (χ3v) is 3.12. The lowest BCUT2D eigenvalue weighted by Gasteiger charge is -2.11.